The van der Waals surface area contributed by atoms with E-state index in [-0.39, 0.29) is 59.4 Å². The molecule has 256 valence electrons. The molecule has 0 aliphatic carbocycles. The number of aliphatic hydroxyl groups is 1. The number of amides is 2. The third kappa shape index (κ3) is 8.61. The van der Waals surface area contributed by atoms with Crippen molar-refractivity contribution < 1.29 is 36.4 Å². The van der Waals surface area contributed by atoms with Crippen LogP contribution >= 0.6 is 0 Å². The minimum absolute atomic E-state index is 0.0473. The van der Waals surface area contributed by atoms with Crippen molar-refractivity contribution in [1.29, 1.82) is 0 Å². The van der Waals surface area contributed by atoms with Gasteiger partial charge in [0, 0.05) is 56.0 Å². The second-order valence-electron chi connectivity index (χ2n) is 12.0. The molecule has 1 saturated heterocycles. The van der Waals surface area contributed by atoms with Gasteiger partial charge in [0.2, 0.25) is 10.0 Å². The van der Waals surface area contributed by atoms with Crippen LogP contribution in [0.1, 0.15) is 70.0 Å². The molecular formula is C33H43F2N5O6S. The molecule has 4 rings (SSSR count). The molecule has 2 aromatic carbocycles. The number of nitrogens with one attached hydrogen (secondary N) is 2. The van der Waals surface area contributed by atoms with Crippen LogP contribution in [0.25, 0.3) is 0 Å². The number of aliphatic hydroxyl groups excluding tert-OH is 1. The molecule has 2 heterocycles. The number of rotatable bonds is 13. The van der Waals surface area contributed by atoms with E-state index in [2.05, 4.69) is 15.8 Å². The van der Waals surface area contributed by atoms with Crippen molar-refractivity contribution in [3.63, 3.8) is 0 Å². The molecular weight excluding hydrogens is 632 g/mol. The van der Waals surface area contributed by atoms with Gasteiger partial charge >= 0.3 is 0 Å². The number of benzene rings is 2. The highest BCUT2D eigenvalue weighted by Gasteiger charge is 2.39. The zero-order valence-corrected chi connectivity index (χ0v) is 28.2. The van der Waals surface area contributed by atoms with Crippen LogP contribution in [0.2, 0.25) is 0 Å². The average molecular weight is 676 g/mol. The van der Waals surface area contributed by atoms with E-state index in [4.69, 9.17) is 4.52 Å². The summed E-state index contributed by atoms with van der Waals surface area (Å²) in [5, 5.41) is 21.3. The van der Waals surface area contributed by atoms with Crippen molar-refractivity contribution in [3.05, 3.63) is 81.7 Å². The summed E-state index contributed by atoms with van der Waals surface area (Å²) in [6.07, 6.45) is -0.0213. The zero-order valence-electron chi connectivity index (χ0n) is 27.3. The number of sulfonamides is 1. The van der Waals surface area contributed by atoms with Crippen molar-refractivity contribution in [2.45, 2.75) is 77.0 Å². The van der Waals surface area contributed by atoms with E-state index in [1.165, 1.54) is 24.2 Å². The fraction of sp³-hybridized carbons (Fsp3) is 0.485. The quantitative estimate of drug-likeness (QED) is 0.250. The Hall–Kier alpha value is -3.72. The summed E-state index contributed by atoms with van der Waals surface area (Å²) in [6.45, 7) is 10.0. The number of piperazine rings is 1. The van der Waals surface area contributed by atoms with Crippen LogP contribution in [0.5, 0.6) is 0 Å². The van der Waals surface area contributed by atoms with Gasteiger partial charge in [-0.1, -0.05) is 19.0 Å². The smallest absolute Gasteiger partial charge is 0.253 e. The summed E-state index contributed by atoms with van der Waals surface area (Å²) in [7, 11) is -4.04. The van der Waals surface area contributed by atoms with Gasteiger partial charge in [-0.05, 0) is 81.5 Å². The molecule has 1 fully saturated rings. The molecule has 3 N–H and O–H groups in total. The topological polar surface area (TPSA) is 145 Å². The Balaban J connectivity index is 1.63. The maximum atomic E-state index is 14.2. The van der Waals surface area contributed by atoms with Crippen molar-refractivity contribution in [2.75, 3.05) is 32.7 Å². The molecule has 3 aromatic rings. The number of aromatic nitrogens is 1. The van der Waals surface area contributed by atoms with Crippen LogP contribution < -0.4 is 10.6 Å². The van der Waals surface area contributed by atoms with Crippen molar-refractivity contribution in [2.24, 2.45) is 0 Å². The first-order valence-corrected chi connectivity index (χ1v) is 17.2. The van der Waals surface area contributed by atoms with E-state index in [0.29, 0.717) is 24.2 Å². The minimum atomic E-state index is -4.04. The molecule has 0 bridgehead atoms. The molecule has 1 aromatic heterocycles. The highest BCUT2D eigenvalue weighted by Crippen LogP contribution is 2.25. The van der Waals surface area contributed by atoms with Gasteiger partial charge < -0.3 is 25.2 Å². The molecule has 2 amide bonds. The standard InChI is InChI=1S/C33H43F2N5O6S/c1-6-9-39(10-7-2)33(43)25-13-20(3)12-24(17-25)32(42)37-28(16-23-14-26(34)18-27(35)15-23)30(41)29-19-40(11-8-36-29)47(44,45)31-21(4)38-46-22(31)5/h12-15,17-18,28-30,36,41H,6-11,16,19H2,1-5H3,(H,37,42)/t28-,29+,30-/m0/s1. The van der Waals surface area contributed by atoms with E-state index >= 15 is 0 Å². The molecule has 1 aliphatic rings. The van der Waals surface area contributed by atoms with Crippen molar-refractivity contribution in [1.82, 2.24) is 25.0 Å². The summed E-state index contributed by atoms with van der Waals surface area (Å²) in [4.78, 5) is 28.8. The summed E-state index contributed by atoms with van der Waals surface area (Å²) in [5.74, 6) is -2.32. The summed E-state index contributed by atoms with van der Waals surface area (Å²) in [6, 6.07) is 5.77. The van der Waals surface area contributed by atoms with Gasteiger partial charge in [-0.3, -0.25) is 9.59 Å². The Bertz CT molecular complexity index is 1650. The number of hydrogen-bond donors (Lipinski definition) is 3. The second kappa shape index (κ2) is 15.5. The highest BCUT2D eigenvalue weighted by molar-refractivity contribution is 7.89. The van der Waals surface area contributed by atoms with Gasteiger partial charge in [-0.25, -0.2) is 17.2 Å². The van der Waals surface area contributed by atoms with Gasteiger partial charge in [0.15, 0.2) is 5.76 Å². The van der Waals surface area contributed by atoms with Gasteiger partial charge in [0.25, 0.3) is 11.8 Å². The third-order valence-electron chi connectivity index (χ3n) is 8.11. The zero-order chi connectivity index (χ0) is 34.5. The lowest BCUT2D eigenvalue weighted by atomic mass is 9.94. The van der Waals surface area contributed by atoms with Gasteiger partial charge in [-0.2, -0.15) is 4.31 Å². The van der Waals surface area contributed by atoms with E-state index in [1.807, 2.05) is 13.8 Å². The van der Waals surface area contributed by atoms with E-state index in [1.54, 1.807) is 24.0 Å². The number of carbonyl (C=O) groups is 2. The predicted molar refractivity (Wildman–Crippen MR) is 172 cm³/mol. The Morgan fingerprint density at radius 1 is 1.06 bits per heavy atom. The first-order valence-electron chi connectivity index (χ1n) is 15.8. The average Bonchev–Trinajstić information content (AvgIpc) is 3.37. The number of hydrogen-bond acceptors (Lipinski definition) is 8. The Morgan fingerprint density at radius 2 is 1.70 bits per heavy atom. The van der Waals surface area contributed by atoms with Crippen molar-refractivity contribution >= 4 is 21.8 Å². The second-order valence-corrected chi connectivity index (χ2v) is 13.9. The number of carbonyl (C=O) groups excluding carboxylic acids is 2. The van der Waals surface area contributed by atoms with Crippen LogP contribution in [0.3, 0.4) is 0 Å². The van der Waals surface area contributed by atoms with Gasteiger partial charge in [0.1, 0.15) is 22.2 Å². The van der Waals surface area contributed by atoms with Crippen molar-refractivity contribution in [3.8, 4) is 0 Å². The molecule has 0 radical (unpaired) electrons. The number of aryl methyl sites for hydroxylation is 3. The SMILES string of the molecule is CCCN(CCC)C(=O)c1cc(C)cc(C(=O)N[C@@H](Cc2cc(F)cc(F)c2)[C@H](O)[C@H]2CN(S(=O)(=O)c3c(C)noc3C)CCN2)c1. The molecule has 14 heteroatoms. The van der Waals surface area contributed by atoms with E-state index < -0.39 is 45.8 Å². The largest absolute Gasteiger partial charge is 0.389 e. The lowest BCUT2D eigenvalue weighted by Gasteiger charge is -2.38. The molecule has 47 heavy (non-hydrogen) atoms. The molecule has 0 unspecified atom stereocenters. The maximum Gasteiger partial charge on any atom is 0.253 e. The first kappa shape index (κ1) is 36.1. The van der Waals surface area contributed by atoms with Crippen LogP contribution in [-0.4, -0.2) is 90.6 Å². The third-order valence-corrected chi connectivity index (χ3v) is 10.2. The lowest BCUT2D eigenvalue weighted by molar-refractivity contribution is 0.0600. The fourth-order valence-corrected chi connectivity index (χ4v) is 7.77. The Morgan fingerprint density at radius 3 is 2.30 bits per heavy atom. The molecule has 0 saturated carbocycles. The van der Waals surface area contributed by atoms with Crippen LogP contribution in [0.15, 0.2) is 45.8 Å². The monoisotopic (exact) mass is 675 g/mol. The summed E-state index contributed by atoms with van der Waals surface area (Å²) < 4.78 is 61.7. The first-order chi connectivity index (χ1) is 22.2. The summed E-state index contributed by atoms with van der Waals surface area (Å²) >= 11 is 0. The van der Waals surface area contributed by atoms with Crippen LogP contribution in [0, 0.1) is 32.4 Å². The van der Waals surface area contributed by atoms with Gasteiger partial charge in [-0.15, -0.1) is 0 Å². The number of halogens is 2. The Labute approximate surface area is 274 Å². The predicted octanol–water partition coefficient (Wildman–Crippen LogP) is 3.50. The molecule has 11 nitrogen and oxygen atoms in total. The van der Waals surface area contributed by atoms with Crippen LogP contribution in [0.4, 0.5) is 8.78 Å². The number of nitrogens with zero attached hydrogens (tertiary/aromatic N) is 3. The van der Waals surface area contributed by atoms with Crippen LogP contribution in [-0.2, 0) is 16.4 Å². The molecule has 3 atom stereocenters. The van der Waals surface area contributed by atoms with Gasteiger partial charge in [0.05, 0.1) is 12.1 Å². The summed E-state index contributed by atoms with van der Waals surface area (Å²) in [5.41, 5.74) is 1.57. The Kier molecular flexibility index (Phi) is 11.9. The minimum Gasteiger partial charge on any atom is -0.389 e. The maximum absolute atomic E-state index is 14.2. The lowest BCUT2D eigenvalue weighted by Crippen LogP contribution is -2.62. The molecule has 1 aliphatic heterocycles. The molecule has 0 spiro atoms. The highest BCUT2D eigenvalue weighted by atomic mass is 32.2. The normalized spacial score (nSPS) is 16.9. The van der Waals surface area contributed by atoms with E-state index in [0.717, 1.165) is 31.0 Å². The fourth-order valence-electron chi connectivity index (χ4n) is 6.02. The van der Waals surface area contributed by atoms with E-state index in [9.17, 15) is 31.9 Å².